The third kappa shape index (κ3) is 2.80. The van der Waals surface area contributed by atoms with Gasteiger partial charge >= 0.3 is 5.97 Å². The number of rotatable bonds is 3. The number of amides is 1. The maximum absolute atomic E-state index is 11.9. The number of carbonyl (C=O) groups excluding carboxylic acids is 2. The van der Waals surface area contributed by atoms with Gasteiger partial charge in [-0.05, 0) is 5.56 Å². The lowest BCUT2D eigenvalue weighted by atomic mass is 9.89. The zero-order valence-corrected chi connectivity index (χ0v) is 11.3. The Hall–Kier alpha value is -2.35. The van der Waals surface area contributed by atoms with Crippen LogP contribution in [-0.2, 0) is 14.3 Å². The van der Waals surface area contributed by atoms with Crippen molar-refractivity contribution in [1.82, 2.24) is 4.90 Å². The summed E-state index contributed by atoms with van der Waals surface area (Å²) in [6.45, 7) is 0.761. The number of benzene rings is 1. The van der Waals surface area contributed by atoms with E-state index in [4.69, 9.17) is 10.00 Å². The van der Waals surface area contributed by atoms with Gasteiger partial charge in [-0.1, -0.05) is 30.3 Å². The first-order valence-corrected chi connectivity index (χ1v) is 6.45. The van der Waals surface area contributed by atoms with Gasteiger partial charge in [0.05, 0.1) is 19.1 Å². The Balaban J connectivity index is 2.22. The molecule has 2 atom stereocenters. The average molecular weight is 272 g/mol. The van der Waals surface area contributed by atoms with E-state index in [1.807, 2.05) is 36.4 Å². The Kier molecular flexibility index (Phi) is 4.36. The van der Waals surface area contributed by atoms with Crippen LogP contribution >= 0.6 is 0 Å². The zero-order valence-electron chi connectivity index (χ0n) is 11.3. The molecule has 5 heteroatoms. The van der Waals surface area contributed by atoms with Crippen molar-refractivity contribution < 1.29 is 14.3 Å². The Bertz CT molecular complexity index is 536. The average Bonchev–Trinajstić information content (AvgIpc) is 2.93. The Morgan fingerprint density at radius 2 is 2.05 bits per heavy atom. The van der Waals surface area contributed by atoms with Crippen molar-refractivity contribution in [2.24, 2.45) is 5.92 Å². The summed E-state index contributed by atoms with van der Waals surface area (Å²) in [7, 11) is 1.35. The van der Waals surface area contributed by atoms with Crippen LogP contribution < -0.4 is 0 Å². The third-order valence-electron chi connectivity index (χ3n) is 3.63. The second-order valence-electron chi connectivity index (χ2n) is 4.78. The number of carbonyl (C=O) groups is 2. The summed E-state index contributed by atoms with van der Waals surface area (Å²) in [6.07, 6.45) is -0.157. The van der Waals surface area contributed by atoms with E-state index in [1.54, 1.807) is 4.90 Å². The molecule has 0 bridgehead atoms. The van der Waals surface area contributed by atoms with E-state index in [-0.39, 0.29) is 30.1 Å². The molecule has 0 N–H and O–H groups in total. The molecule has 2 rings (SSSR count). The molecule has 0 spiro atoms. The summed E-state index contributed by atoms with van der Waals surface area (Å²) in [4.78, 5) is 25.3. The Labute approximate surface area is 117 Å². The van der Waals surface area contributed by atoms with E-state index in [0.29, 0.717) is 13.1 Å². The molecule has 1 heterocycles. The lowest BCUT2D eigenvalue weighted by Crippen LogP contribution is -2.29. The molecule has 0 aromatic heterocycles. The number of nitrogens with zero attached hydrogens (tertiary/aromatic N) is 2. The minimum atomic E-state index is -0.370. The summed E-state index contributed by atoms with van der Waals surface area (Å²) in [5.74, 6) is -0.998. The van der Waals surface area contributed by atoms with Crippen LogP contribution in [0.25, 0.3) is 0 Å². The highest BCUT2D eigenvalue weighted by molar-refractivity contribution is 5.81. The van der Waals surface area contributed by atoms with Crippen molar-refractivity contribution in [3.8, 4) is 6.07 Å². The molecular weight excluding hydrogens is 256 g/mol. The Morgan fingerprint density at radius 1 is 1.35 bits per heavy atom. The molecule has 1 aromatic carbocycles. The van der Waals surface area contributed by atoms with Crippen LogP contribution in [0, 0.1) is 17.2 Å². The summed E-state index contributed by atoms with van der Waals surface area (Å²) >= 11 is 0. The second-order valence-corrected chi connectivity index (χ2v) is 4.78. The Morgan fingerprint density at radius 3 is 2.65 bits per heavy atom. The molecule has 1 amide bonds. The van der Waals surface area contributed by atoms with Crippen molar-refractivity contribution in [3.05, 3.63) is 35.9 Å². The van der Waals surface area contributed by atoms with Crippen LogP contribution in [0.4, 0.5) is 0 Å². The van der Waals surface area contributed by atoms with E-state index < -0.39 is 0 Å². The quantitative estimate of drug-likeness (QED) is 0.778. The molecule has 1 aliphatic rings. The topological polar surface area (TPSA) is 70.4 Å². The van der Waals surface area contributed by atoms with E-state index in [1.165, 1.54) is 7.11 Å². The molecule has 1 fully saturated rings. The number of likely N-dealkylation sites (tertiary alicyclic amines) is 1. The van der Waals surface area contributed by atoms with E-state index >= 15 is 0 Å². The molecule has 0 aliphatic carbocycles. The summed E-state index contributed by atoms with van der Waals surface area (Å²) < 4.78 is 4.83. The zero-order chi connectivity index (χ0) is 14.5. The summed E-state index contributed by atoms with van der Waals surface area (Å²) in [6, 6.07) is 11.5. The molecular formula is C15H16N2O3. The number of hydrogen-bond acceptors (Lipinski definition) is 4. The maximum Gasteiger partial charge on any atom is 0.311 e. The first-order chi connectivity index (χ1) is 9.67. The molecule has 5 nitrogen and oxygen atoms in total. The van der Waals surface area contributed by atoms with Gasteiger partial charge < -0.3 is 9.64 Å². The minimum Gasteiger partial charge on any atom is -0.469 e. The van der Waals surface area contributed by atoms with Crippen molar-refractivity contribution in [1.29, 1.82) is 5.26 Å². The summed E-state index contributed by atoms with van der Waals surface area (Å²) in [5, 5.41) is 8.61. The fraction of sp³-hybridized carbons (Fsp3) is 0.400. The highest BCUT2D eigenvalue weighted by Crippen LogP contribution is 2.33. The van der Waals surface area contributed by atoms with Gasteiger partial charge in [0.25, 0.3) is 0 Å². The van der Waals surface area contributed by atoms with Gasteiger partial charge in [-0.25, -0.2) is 0 Å². The van der Waals surface area contributed by atoms with Crippen LogP contribution in [-0.4, -0.2) is 37.0 Å². The second kappa shape index (κ2) is 6.20. The first-order valence-electron chi connectivity index (χ1n) is 6.45. The normalized spacial score (nSPS) is 21.3. The van der Waals surface area contributed by atoms with Crippen LogP contribution in [0.15, 0.2) is 30.3 Å². The summed E-state index contributed by atoms with van der Waals surface area (Å²) in [5.41, 5.74) is 1.01. The van der Waals surface area contributed by atoms with Gasteiger partial charge in [-0.2, -0.15) is 5.26 Å². The third-order valence-corrected chi connectivity index (χ3v) is 3.63. The van der Waals surface area contributed by atoms with Crippen molar-refractivity contribution >= 4 is 11.9 Å². The van der Waals surface area contributed by atoms with E-state index in [9.17, 15) is 9.59 Å². The lowest BCUT2D eigenvalue weighted by Gasteiger charge is -2.16. The predicted molar refractivity (Wildman–Crippen MR) is 71.5 cm³/mol. The van der Waals surface area contributed by atoms with E-state index in [2.05, 4.69) is 0 Å². The minimum absolute atomic E-state index is 0.0775. The van der Waals surface area contributed by atoms with Gasteiger partial charge in [0.2, 0.25) is 5.91 Å². The van der Waals surface area contributed by atoms with Crippen molar-refractivity contribution in [2.75, 3.05) is 20.2 Å². The largest absolute Gasteiger partial charge is 0.469 e. The van der Waals surface area contributed by atoms with Gasteiger partial charge in [-0.3, -0.25) is 9.59 Å². The van der Waals surface area contributed by atoms with Gasteiger partial charge in [0.15, 0.2) is 0 Å². The monoisotopic (exact) mass is 272 g/mol. The number of nitriles is 1. The van der Waals surface area contributed by atoms with Crippen molar-refractivity contribution in [3.63, 3.8) is 0 Å². The molecule has 0 unspecified atom stereocenters. The van der Waals surface area contributed by atoms with E-state index in [0.717, 1.165) is 5.56 Å². The molecule has 104 valence electrons. The fourth-order valence-electron chi connectivity index (χ4n) is 2.62. The number of methoxy groups -OCH3 is 1. The molecule has 0 radical (unpaired) electrons. The molecule has 1 saturated heterocycles. The number of hydrogen-bond donors (Lipinski definition) is 0. The smallest absolute Gasteiger partial charge is 0.311 e. The fourth-order valence-corrected chi connectivity index (χ4v) is 2.62. The molecule has 0 saturated carbocycles. The standard InChI is InChI=1S/C15H16N2O3/c1-20-15(19)13-10-17(14(18)7-8-16)9-12(13)11-5-3-2-4-6-11/h2-6,12-13H,7,9-10H2,1H3/t12-,13-/m1/s1. The highest BCUT2D eigenvalue weighted by Gasteiger charge is 2.40. The first kappa shape index (κ1) is 14.1. The van der Waals surface area contributed by atoms with Crippen LogP contribution in [0.5, 0.6) is 0 Å². The van der Waals surface area contributed by atoms with Crippen LogP contribution in [0.1, 0.15) is 17.9 Å². The van der Waals surface area contributed by atoms with Crippen molar-refractivity contribution in [2.45, 2.75) is 12.3 Å². The molecule has 20 heavy (non-hydrogen) atoms. The molecule has 1 aliphatic heterocycles. The SMILES string of the molecule is COC(=O)[C@@H]1CN(C(=O)CC#N)C[C@@H]1c1ccccc1. The maximum atomic E-state index is 11.9. The van der Waals surface area contributed by atoms with Crippen LogP contribution in [0.3, 0.4) is 0 Å². The lowest BCUT2D eigenvalue weighted by molar-refractivity contribution is -0.145. The predicted octanol–water partition coefficient (Wildman–Crippen LogP) is 1.32. The number of ether oxygens (including phenoxy) is 1. The highest BCUT2D eigenvalue weighted by atomic mass is 16.5. The van der Waals surface area contributed by atoms with Gasteiger partial charge in [0.1, 0.15) is 6.42 Å². The molecule has 1 aromatic rings. The number of esters is 1. The van der Waals surface area contributed by atoms with Gasteiger partial charge in [0, 0.05) is 19.0 Å². The van der Waals surface area contributed by atoms with Gasteiger partial charge in [-0.15, -0.1) is 0 Å². The van der Waals surface area contributed by atoms with Crippen LogP contribution in [0.2, 0.25) is 0 Å².